The molecule has 0 aliphatic heterocycles. The second-order valence-electron chi connectivity index (χ2n) is 7.14. The predicted molar refractivity (Wildman–Crippen MR) is 89.6 cm³/mol. The van der Waals surface area contributed by atoms with Crippen LogP contribution in [0.1, 0.15) is 52.1 Å². The summed E-state index contributed by atoms with van der Waals surface area (Å²) in [6.07, 6.45) is -0.358. The molecule has 136 valence electrons. The number of halogens is 2. The summed E-state index contributed by atoms with van der Waals surface area (Å²) in [6, 6.07) is 4.75. The molecule has 1 aliphatic carbocycles. The Morgan fingerprint density at radius 2 is 2.00 bits per heavy atom. The maximum Gasteiger partial charge on any atom is 0.412 e. The number of carbonyl (C=O) groups is 1. The monoisotopic (exact) mass is 352 g/mol. The van der Waals surface area contributed by atoms with Crippen molar-refractivity contribution in [3.63, 3.8) is 0 Å². The van der Waals surface area contributed by atoms with Crippen LogP contribution >= 0.6 is 0 Å². The topological polar surface area (TPSA) is 87.0 Å². The first-order valence-corrected chi connectivity index (χ1v) is 8.13. The minimum Gasteiger partial charge on any atom is -0.444 e. The Morgan fingerprint density at radius 1 is 1.36 bits per heavy atom. The van der Waals surface area contributed by atoms with Gasteiger partial charge in [0.05, 0.1) is 5.69 Å². The van der Waals surface area contributed by atoms with E-state index in [2.05, 4.69) is 15.6 Å². The summed E-state index contributed by atoms with van der Waals surface area (Å²) in [5.41, 5.74) is -0.189. The normalized spacial score (nSPS) is 17.4. The summed E-state index contributed by atoms with van der Waals surface area (Å²) in [7, 11) is 0. The van der Waals surface area contributed by atoms with E-state index in [4.69, 9.17) is 10.00 Å². The van der Waals surface area contributed by atoms with Crippen molar-refractivity contribution < 1.29 is 18.3 Å². The standard InChI is InChI=1S/C17H22F2N4O2/c1-16(2,3)25-15(24)23-12-8-13(10-20)22-14(9-12)21-11-4-6-17(18,19)7-5-11/h8-9,11H,4-7H2,1-3H3,(H2,21,22,23,24). The Morgan fingerprint density at radius 3 is 2.56 bits per heavy atom. The number of nitrogens with zero attached hydrogens (tertiary/aromatic N) is 2. The highest BCUT2D eigenvalue weighted by Crippen LogP contribution is 2.34. The van der Waals surface area contributed by atoms with Crippen LogP contribution in [0.3, 0.4) is 0 Å². The highest BCUT2D eigenvalue weighted by Gasteiger charge is 2.35. The fraction of sp³-hybridized carbons (Fsp3) is 0.588. The first kappa shape index (κ1) is 18.9. The molecule has 1 amide bonds. The molecular weight excluding hydrogens is 330 g/mol. The van der Waals surface area contributed by atoms with Gasteiger partial charge >= 0.3 is 6.09 Å². The zero-order chi connectivity index (χ0) is 18.7. The van der Waals surface area contributed by atoms with Gasteiger partial charge in [0, 0.05) is 24.9 Å². The summed E-state index contributed by atoms with van der Waals surface area (Å²) in [4.78, 5) is 16.0. The molecule has 0 spiro atoms. The van der Waals surface area contributed by atoms with Crippen molar-refractivity contribution in [2.24, 2.45) is 0 Å². The van der Waals surface area contributed by atoms with Gasteiger partial charge in [-0.25, -0.2) is 18.6 Å². The third-order valence-corrected chi connectivity index (χ3v) is 3.65. The molecular formula is C17H22F2N4O2. The van der Waals surface area contributed by atoms with Crippen molar-refractivity contribution in [1.29, 1.82) is 5.26 Å². The van der Waals surface area contributed by atoms with Crippen LogP contribution in [0.15, 0.2) is 12.1 Å². The lowest BCUT2D eigenvalue weighted by Crippen LogP contribution is -2.32. The van der Waals surface area contributed by atoms with Crippen LogP contribution in [0.5, 0.6) is 0 Å². The number of alkyl halides is 2. The van der Waals surface area contributed by atoms with Crippen LogP contribution in [-0.4, -0.2) is 28.6 Å². The molecule has 2 N–H and O–H groups in total. The number of rotatable bonds is 3. The number of nitriles is 1. The summed E-state index contributed by atoms with van der Waals surface area (Å²) < 4.78 is 31.6. The van der Waals surface area contributed by atoms with Crippen LogP contribution in [0.4, 0.5) is 25.1 Å². The van der Waals surface area contributed by atoms with Gasteiger partial charge in [0.25, 0.3) is 0 Å². The Bertz CT molecular complexity index is 670. The van der Waals surface area contributed by atoms with Crippen molar-refractivity contribution in [3.05, 3.63) is 17.8 Å². The van der Waals surface area contributed by atoms with Gasteiger partial charge in [-0.05, 0) is 39.7 Å². The fourth-order valence-corrected chi connectivity index (χ4v) is 2.55. The van der Waals surface area contributed by atoms with E-state index >= 15 is 0 Å². The average molecular weight is 352 g/mol. The molecule has 1 aromatic rings. The number of aromatic nitrogens is 1. The van der Waals surface area contributed by atoms with Crippen molar-refractivity contribution in [2.45, 2.75) is 64.0 Å². The summed E-state index contributed by atoms with van der Waals surface area (Å²) in [5, 5.41) is 14.7. The molecule has 6 nitrogen and oxygen atoms in total. The minimum absolute atomic E-state index is 0.109. The molecule has 1 fully saturated rings. The Labute approximate surface area is 145 Å². The van der Waals surface area contributed by atoms with Gasteiger partial charge < -0.3 is 10.1 Å². The van der Waals surface area contributed by atoms with Crippen LogP contribution in [-0.2, 0) is 4.74 Å². The molecule has 0 aromatic carbocycles. The van der Waals surface area contributed by atoms with Crippen molar-refractivity contribution in [1.82, 2.24) is 4.98 Å². The Hall–Kier alpha value is -2.43. The van der Waals surface area contributed by atoms with E-state index in [0.29, 0.717) is 24.3 Å². The highest BCUT2D eigenvalue weighted by molar-refractivity contribution is 5.85. The summed E-state index contributed by atoms with van der Waals surface area (Å²) in [6.45, 7) is 5.23. The molecule has 0 unspecified atom stereocenters. The molecule has 1 heterocycles. The number of amides is 1. The first-order valence-electron chi connectivity index (χ1n) is 8.13. The molecule has 8 heteroatoms. The summed E-state index contributed by atoms with van der Waals surface area (Å²) in [5.74, 6) is -2.25. The van der Waals surface area contributed by atoms with Gasteiger partial charge in [0.2, 0.25) is 5.92 Å². The highest BCUT2D eigenvalue weighted by atomic mass is 19.3. The molecule has 0 atom stereocenters. The SMILES string of the molecule is CC(C)(C)OC(=O)Nc1cc(C#N)nc(NC2CCC(F)(F)CC2)c1. The largest absolute Gasteiger partial charge is 0.444 e. The zero-order valence-corrected chi connectivity index (χ0v) is 14.5. The lowest BCUT2D eigenvalue weighted by Gasteiger charge is -2.29. The third kappa shape index (κ3) is 6.18. The number of hydrogen-bond acceptors (Lipinski definition) is 5. The lowest BCUT2D eigenvalue weighted by molar-refractivity contribution is -0.0361. The second kappa shape index (κ2) is 7.21. The maximum atomic E-state index is 13.2. The van der Waals surface area contributed by atoms with E-state index in [1.54, 1.807) is 26.8 Å². The van der Waals surface area contributed by atoms with Crippen LogP contribution in [0, 0.1) is 11.3 Å². The molecule has 1 aromatic heterocycles. The lowest BCUT2D eigenvalue weighted by atomic mass is 9.92. The Balaban J connectivity index is 2.07. The number of nitrogens with one attached hydrogen (secondary N) is 2. The van der Waals surface area contributed by atoms with E-state index in [1.165, 1.54) is 6.07 Å². The van der Waals surface area contributed by atoms with Crippen LogP contribution in [0.25, 0.3) is 0 Å². The van der Waals surface area contributed by atoms with Gasteiger partial charge in [-0.2, -0.15) is 5.26 Å². The second-order valence-corrected chi connectivity index (χ2v) is 7.14. The molecule has 0 saturated heterocycles. The zero-order valence-electron chi connectivity index (χ0n) is 14.5. The maximum absolute atomic E-state index is 13.2. The smallest absolute Gasteiger partial charge is 0.412 e. The van der Waals surface area contributed by atoms with Gasteiger partial charge in [-0.15, -0.1) is 0 Å². The number of anilines is 2. The molecule has 2 rings (SSSR count). The van der Waals surface area contributed by atoms with E-state index in [1.807, 2.05) is 6.07 Å². The Kier molecular flexibility index (Phi) is 5.45. The van der Waals surface area contributed by atoms with Crippen molar-refractivity contribution in [3.8, 4) is 6.07 Å². The average Bonchev–Trinajstić information content (AvgIpc) is 2.47. The quantitative estimate of drug-likeness (QED) is 0.847. The molecule has 0 bridgehead atoms. The van der Waals surface area contributed by atoms with Crippen LogP contribution in [0.2, 0.25) is 0 Å². The number of carbonyl (C=O) groups excluding carboxylic acids is 1. The number of pyridine rings is 1. The minimum atomic E-state index is -2.61. The fourth-order valence-electron chi connectivity index (χ4n) is 2.55. The molecule has 1 saturated carbocycles. The molecule has 25 heavy (non-hydrogen) atoms. The van der Waals surface area contributed by atoms with E-state index in [9.17, 15) is 13.6 Å². The summed E-state index contributed by atoms with van der Waals surface area (Å²) >= 11 is 0. The third-order valence-electron chi connectivity index (χ3n) is 3.65. The predicted octanol–water partition coefficient (Wildman–Crippen LogP) is 4.29. The van der Waals surface area contributed by atoms with Gasteiger partial charge in [0.1, 0.15) is 23.2 Å². The van der Waals surface area contributed by atoms with Gasteiger partial charge in [-0.1, -0.05) is 0 Å². The first-order chi connectivity index (χ1) is 11.6. The van der Waals surface area contributed by atoms with Crippen molar-refractivity contribution >= 4 is 17.6 Å². The van der Waals surface area contributed by atoms with Gasteiger partial charge in [-0.3, -0.25) is 5.32 Å². The van der Waals surface area contributed by atoms with E-state index in [-0.39, 0.29) is 24.6 Å². The van der Waals surface area contributed by atoms with Crippen molar-refractivity contribution in [2.75, 3.05) is 10.6 Å². The molecule has 1 aliphatic rings. The van der Waals surface area contributed by atoms with Gasteiger partial charge in [0.15, 0.2) is 0 Å². The molecule has 0 radical (unpaired) electrons. The number of ether oxygens (including phenoxy) is 1. The van der Waals surface area contributed by atoms with E-state index in [0.717, 1.165) is 0 Å². The van der Waals surface area contributed by atoms with E-state index < -0.39 is 17.6 Å². The van der Waals surface area contributed by atoms with Crippen LogP contribution < -0.4 is 10.6 Å². The number of hydrogen-bond donors (Lipinski definition) is 2.